The molecule has 5 heteroatoms. The van der Waals surface area contributed by atoms with Crippen LogP contribution in [-0.4, -0.2) is 44.1 Å². The van der Waals surface area contributed by atoms with Gasteiger partial charge < -0.3 is 15.1 Å². The fourth-order valence-corrected chi connectivity index (χ4v) is 3.36. The summed E-state index contributed by atoms with van der Waals surface area (Å²) < 4.78 is 5.37. The molecule has 2 heterocycles. The summed E-state index contributed by atoms with van der Waals surface area (Å²) in [6.07, 6.45) is 5.14. The highest BCUT2D eigenvalue weighted by Gasteiger charge is 2.23. The molecule has 0 radical (unpaired) electrons. The second kappa shape index (κ2) is 9.28. The Morgan fingerprint density at radius 1 is 1.12 bits per heavy atom. The Bertz CT molecular complexity index is 633. The molecule has 0 saturated carbocycles. The molecule has 5 nitrogen and oxygen atoms in total. The minimum atomic E-state index is 0.382. The molecule has 2 aromatic rings. The third-order valence-electron chi connectivity index (χ3n) is 4.70. The first kappa shape index (κ1) is 17.5. The zero-order chi connectivity index (χ0) is 17.3. The number of nitrogens with one attached hydrogen (secondary N) is 2. The van der Waals surface area contributed by atoms with E-state index < -0.39 is 0 Å². The number of aliphatic imine (C=N–C) groups is 1. The molecule has 3 rings (SSSR count). The number of furan rings is 1. The van der Waals surface area contributed by atoms with Gasteiger partial charge in [-0.25, -0.2) is 0 Å². The smallest absolute Gasteiger partial charge is 0.191 e. The first-order chi connectivity index (χ1) is 12.4. The fourth-order valence-electron chi connectivity index (χ4n) is 3.36. The number of nitrogens with zero attached hydrogens (tertiary/aromatic N) is 2. The largest absolute Gasteiger partial charge is 0.469 e. The van der Waals surface area contributed by atoms with Gasteiger partial charge in [-0.05, 0) is 43.6 Å². The van der Waals surface area contributed by atoms with E-state index in [0.717, 1.165) is 31.2 Å². The van der Waals surface area contributed by atoms with Crippen LogP contribution in [0.1, 0.15) is 30.2 Å². The minimum absolute atomic E-state index is 0.382. The molecule has 1 atom stereocenters. The summed E-state index contributed by atoms with van der Waals surface area (Å²) in [4.78, 5) is 6.91. The summed E-state index contributed by atoms with van der Waals surface area (Å²) in [6.45, 7) is 3.99. The van der Waals surface area contributed by atoms with E-state index in [0.29, 0.717) is 6.04 Å². The second-order valence-corrected chi connectivity index (χ2v) is 6.38. The van der Waals surface area contributed by atoms with E-state index in [1.807, 2.05) is 19.2 Å². The van der Waals surface area contributed by atoms with Gasteiger partial charge in [0.25, 0.3) is 0 Å². The molecule has 1 unspecified atom stereocenters. The first-order valence-electron chi connectivity index (χ1n) is 9.12. The van der Waals surface area contributed by atoms with Gasteiger partial charge in [-0.3, -0.25) is 9.89 Å². The van der Waals surface area contributed by atoms with Crippen LogP contribution in [0, 0.1) is 0 Å². The fraction of sp³-hybridized carbons (Fsp3) is 0.450. The zero-order valence-electron chi connectivity index (χ0n) is 14.9. The second-order valence-electron chi connectivity index (χ2n) is 6.38. The Morgan fingerprint density at radius 2 is 1.92 bits per heavy atom. The molecule has 0 amide bonds. The van der Waals surface area contributed by atoms with Crippen LogP contribution in [0.25, 0.3) is 0 Å². The van der Waals surface area contributed by atoms with Crippen LogP contribution < -0.4 is 10.6 Å². The quantitative estimate of drug-likeness (QED) is 0.601. The predicted molar refractivity (Wildman–Crippen MR) is 102 cm³/mol. The lowest BCUT2D eigenvalue weighted by Crippen LogP contribution is -2.43. The van der Waals surface area contributed by atoms with E-state index in [9.17, 15) is 0 Å². The lowest BCUT2D eigenvalue weighted by Gasteiger charge is -2.29. The molecular weight excluding hydrogens is 312 g/mol. The Kier molecular flexibility index (Phi) is 6.51. The van der Waals surface area contributed by atoms with Crippen molar-refractivity contribution in [1.82, 2.24) is 15.5 Å². The average molecular weight is 340 g/mol. The van der Waals surface area contributed by atoms with Gasteiger partial charge in [0, 0.05) is 26.6 Å². The van der Waals surface area contributed by atoms with Crippen LogP contribution in [0.2, 0.25) is 0 Å². The minimum Gasteiger partial charge on any atom is -0.469 e. The normalized spacial score (nSPS) is 16.8. The van der Waals surface area contributed by atoms with Gasteiger partial charge in [0.1, 0.15) is 5.76 Å². The summed E-state index contributed by atoms with van der Waals surface area (Å²) in [5.41, 5.74) is 1.36. The Balaban J connectivity index is 1.53. The molecule has 2 N–H and O–H groups in total. The average Bonchev–Trinajstić information content (AvgIpc) is 3.35. The zero-order valence-corrected chi connectivity index (χ0v) is 14.9. The highest BCUT2D eigenvalue weighted by molar-refractivity contribution is 5.79. The molecule has 1 aliphatic rings. The van der Waals surface area contributed by atoms with Gasteiger partial charge in [-0.15, -0.1) is 0 Å². The molecule has 1 fully saturated rings. The van der Waals surface area contributed by atoms with E-state index in [1.54, 1.807) is 6.26 Å². The summed E-state index contributed by atoms with van der Waals surface area (Å²) in [6, 6.07) is 15.1. The van der Waals surface area contributed by atoms with Gasteiger partial charge in [0.2, 0.25) is 0 Å². The van der Waals surface area contributed by atoms with Crippen LogP contribution >= 0.6 is 0 Å². The van der Waals surface area contributed by atoms with Crippen molar-refractivity contribution < 1.29 is 4.42 Å². The Morgan fingerprint density at radius 3 is 2.60 bits per heavy atom. The van der Waals surface area contributed by atoms with Crippen molar-refractivity contribution in [3.63, 3.8) is 0 Å². The van der Waals surface area contributed by atoms with Gasteiger partial charge in [-0.1, -0.05) is 30.3 Å². The third-order valence-corrected chi connectivity index (χ3v) is 4.70. The molecule has 0 bridgehead atoms. The topological polar surface area (TPSA) is 52.8 Å². The molecule has 1 aliphatic heterocycles. The maximum absolute atomic E-state index is 5.37. The van der Waals surface area contributed by atoms with Crippen LogP contribution in [0.15, 0.2) is 58.1 Å². The van der Waals surface area contributed by atoms with Crippen molar-refractivity contribution in [2.45, 2.75) is 25.3 Å². The van der Waals surface area contributed by atoms with Crippen molar-refractivity contribution in [3.8, 4) is 0 Å². The number of rotatable bonds is 7. The lowest BCUT2D eigenvalue weighted by molar-refractivity contribution is 0.245. The van der Waals surface area contributed by atoms with Gasteiger partial charge in [0.15, 0.2) is 5.96 Å². The lowest BCUT2D eigenvalue weighted by atomic mass is 10.1. The molecule has 1 saturated heterocycles. The van der Waals surface area contributed by atoms with Crippen molar-refractivity contribution >= 4 is 5.96 Å². The van der Waals surface area contributed by atoms with Gasteiger partial charge in [0.05, 0.1) is 12.3 Å². The van der Waals surface area contributed by atoms with Crippen LogP contribution in [-0.2, 0) is 6.42 Å². The van der Waals surface area contributed by atoms with Crippen molar-refractivity contribution in [2.75, 3.05) is 33.2 Å². The third kappa shape index (κ3) is 5.10. The number of guanidine groups is 1. The standard InChI is InChI=1S/C20H28N4O/c1-21-20(22-12-11-18-10-7-15-25-18)23-16-19(24-13-5-6-14-24)17-8-3-2-4-9-17/h2-4,7-10,15,19H,5-6,11-14,16H2,1H3,(H2,21,22,23). The van der Waals surface area contributed by atoms with Gasteiger partial charge >= 0.3 is 0 Å². The van der Waals surface area contributed by atoms with E-state index >= 15 is 0 Å². The van der Waals surface area contributed by atoms with E-state index in [2.05, 4.69) is 50.9 Å². The van der Waals surface area contributed by atoms with Crippen molar-refractivity contribution in [3.05, 3.63) is 60.1 Å². The van der Waals surface area contributed by atoms with Crippen LogP contribution in [0.3, 0.4) is 0 Å². The molecular formula is C20H28N4O. The SMILES string of the molecule is CN=C(NCCc1ccco1)NCC(c1ccccc1)N1CCCC1. The van der Waals surface area contributed by atoms with Crippen molar-refractivity contribution in [2.24, 2.45) is 4.99 Å². The Hall–Kier alpha value is -2.27. The summed E-state index contributed by atoms with van der Waals surface area (Å²) in [7, 11) is 1.82. The highest BCUT2D eigenvalue weighted by atomic mass is 16.3. The molecule has 1 aromatic heterocycles. The number of hydrogen-bond donors (Lipinski definition) is 2. The van der Waals surface area contributed by atoms with Crippen molar-refractivity contribution in [1.29, 1.82) is 0 Å². The number of likely N-dealkylation sites (tertiary alicyclic amines) is 1. The highest BCUT2D eigenvalue weighted by Crippen LogP contribution is 2.24. The van der Waals surface area contributed by atoms with E-state index in [1.165, 1.54) is 31.5 Å². The molecule has 0 aliphatic carbocycles. The molecule has 1 aromatic carbocycles. The predicted octanol–water partition coefficient (Wildman–Crippen LogP) is 2.82. The summed E-state index contributed by atoms with van der Waals surface area (Å²) in [5.74, 6) is 1.83. The molecule has 25 heavy (non-hydrogen) atoms. The van der Waals surface area contributed by atoms with E-state index in [4.69, 9.17) is 4.42 Å². The van der Waals surface area contributed by atoms with Crippen LogP contribution in [0.4, 0.5) is 0 Å². The van der Waals surface area contributed by atoms with E-state index in [-0.39, 0.29) is 0 Å². The summed E-state index contributed by atoms with van der Waals surface area (Å²) in [5, 5.41) is 6.86. The summed E-state index contributed by atoms with van der Waals surface area (Å²) >= 11 is 0. The first-order valence-corrected chi connectivity index (χ1v) is 9.12. The Labute approximate surface area is 150 Å². The monoisotopic (exact) mass is 340 g/mol. The van der Waals surface area contributed by atoms with Crippen LogP contribution in [0.5, 0.6) is 0 Å². The molecule has 0 spiro atoms. The number of hydrogen-bond acceptors (Lipinski definition) is 3. The molecule has 134 valence electrons. The number of benzene rings is 1. The van der Waals surface area contributed by atoms with Gasteiger partial charge in [-0.2, -0.15) is 0 Å². The maximum atomic E-state index is 5.37. The maximum Gasteiger partial charge on any atom is 0.191 e.